The summed E-state index contributed by atoms with van der Waals surface area (Å²) < 4.78 is 7.44. The van der Waals surface area contributed by atoms with E-state index in [4.69, 9.17) is 10.00 Å². The van der Waals surface area contributed by atoms with Crippen LogP contribution in [-0.4, -0.2) is 54.8 Å². The van der Waals surface area contributed by atoms with Crippen molar-refractivity contribution in [1.29, 1.82) is 10.5 Å². The zero-order valence-corrected chi connectivity index (χ0v) is 20.0. The third-order valence-corrected chi connectivity index (χ3v) is 6.58. The zero-order valence-electron chi connectivity index (χ0n) is 19.2. The minimum absolute atomic E-state index is 0.180. The molecule has 9 nitrogen and oxygen atoms in total. The number of anilines is 1. The molecule has 1 aromatic carbocycles. The summed E-state index contributed by atoms with van der Waals surface area (Å²) in [5.41, 5.74) is 1.61. The van der Waals surface area contributed by atoms with Crippen LogP contribution in [0.3, 0.4) is 0 Å². The number of nitrogens with zero attached hydrogens (tertiary/aromatic N) is 4. The fourth-order valence-corrected chi connectivity index (χ4v) is 4.78. The number of carbonyl (C=O) groups excluding carboxylic acids is 1. The Morgan fingerprint density at radius 1 is 1.29 bits per heavy atom. The number of aromatic nitrogens is 1. The van der Waals surface area contributed by atoms with Crippen molar-refractivity contribution in [2.24, 2.45) is 0 Å². The summed E-state index contributed by atoms with van der Waals surface area (Å²) in [4.78, 5) is 27.5. The average molecular weight is 481 g/mol. The zero-order chi connectivity index (χ0) is 24.3. The summed E-state index contributed by atoms with van der Waals surface area (Å²) in [5, 5.41) is 23.7. The summed E-state index contributed by atoms with van der Waals surface area (Å²) in [6, 6.07) is 11.7. The Bertz CT molecular complexity index is 1260. The lowest BCUT2D eigenvalue weighted by atomic mass is 10.1. The van der Waals surface area contributed by atoms with Gasteiger partial charge in [0.05, 0.1) is 19.3 Å². The molecule has 178 valence electrons. The normalized spacial score (nSPS) is 15.3. The van der Waals surface area contributed by atoms with E-state index in [9.17, 15) is 14.9 Å². The Morgan fingerprint density at radius 3 is 2.79 bits per heavy atom. The predicted octanol–water partition coefficient (Wildman–Crippen LogP) is 0.359. The molecule has 0 unspecified atom stereocenters. The van der Waals surface area contributed by atoms with Crippen molar-refractivity contribution in [3.63, 3.8) is 0 Å². The first-order valence-corrected chi connectivity index (χ1v) is 12.0. The molecule has 2 heterocycles. The number of aryl methyl sites for hydroxylation is 1. The second-order valence-corrected chi connectivity index (χ2v) is 8.73. The van der Waals surface area contributed by atoms with Gasteiger partial charge >= 0.3 is 0 Å². The summed E-state index contributed by atoms with van der Waals surface area (Å²) in [7, 11) is 0. The lowest BCUT2D eigenvalue weighted by Crippen LogP contribution is -2.36. The molecule has 2 aromatic rings. The first-order valence-electron chi connectivity index (χ1n) is 11.2. The van der Waals surface area contributed by atoms with Crippen LogP contribution >= 0.6 is 11.3 Å². The Balaban J connectivity index is 1.76. The highest BCUT2D eigenvalue weighted by Crippen LogP contribution is 2.13. The van der Waals surface area contributed by atoms with E-state index in [1.807, 2.05) is 18.2 Å². The van der Waals surface area contributed by atoms with Gasteiger partial charge in [0.1, 0.15) is 21.8 Å². The Morgan fingerprint density at radius 2 is 2.09 bits per heavy atom. The number of hydrogen-bond acceptors (Lipinski definition) is 8. The number of ether oxygens (including phenoxy) is 1. The van der Waals surface area contributed by atoms with E-state index in [0.29, 0.717) is 11.1 Å². The van der Waals surface area contributed by atoms with Gasteiger partial charge in [0, 0.05) is 31.5 Å². The molecule has 34 heavy (non-hydrogen) atoms. The third kappa shape index (κ3) is 6.55. The molecule has 0 bridgehead atoms. The Labute approximate surface area is 202 Å². The molecule has 1 saturated heterocycles. The van der Waals surface area contributed by atoms with Crippen LogP contribution in [0.25, 0.3) is 11.8 Å². The van der Waals surface area contributed by atoms with Crippen molar-refractivity contribution in [3.05, 3.63) is 49.4 Å². The molecule has 0 saturated carbocycles. The monoisotopic (exact) mass is 480 g/mol. The van der Waals surface area contributed by atoms with Crippen molar-refractivity contribution in [3.8, 4) is 12.1 Å². The number of hydrogen-bond donors (Lipinski definition) is 2. The van der Waals surface area contributed by atoms with Crippen LogP contribution in [0.1, 0.15) is 18.9 Å². The molecule has 1 fully saturated rings. The molecule has 1 aliphatic heterocycles. The maximum Gasteiger partial charge on any atom is 0.270 e. The van der Waals surface area contributed by atoms with E-state index < -0.39 is 5.91 Å². The number of morpholine rings is 1. The highest BCUT2D eigenvalue weighted by molar-refractivity contribution is 7.07. The Hall–Kier alpha value is -3.44. The minimum Gasteiger partial charge on any atom is -0.379 e. The molecule has 0 radical (unpaired) electrons. The molecule has 0 atom stereocenters. The molecule has 1 aromatic heterocycles. The average Bonchev–Trinajstić information content (AvgIpc) is 3.17. The number of thiazole rings is 1. The number of carbonyl (C=O) groups is 1. The highest BCUT2D eigenvalue weighted by atomic mass is 32.1. The van der Waals surface area contributed by atoms with E-state index in [1.165, 1.54) is 10.1 Å². The van der Waals surface area contributed by atoms with Crippen molar-refractivity contribution in [2.75, 3.05) is 44.7 Å². The third-order valence-electron chi connectivity index (χ3n) is 5.45. The lowest BCUT2D eigenvalue weighted by Gasteiger charge is -2.26. The molecule has 0 spiro atoms. The number of rotatable bonds is 9. The van der Waals surface area contributed by atoms with E-state index in [2.05, 4.69) is 27.7 Å². The second kappa shape index (κ2) is 12.7. The van der Waals surface area contributed by atoms with Crippen LogP contribution in [-0.2, 0) is 22.5 Å². The fraction of sp³-hybridized carbons (Fsp3) is 0.417. The maximum absolute atomic E-state index is 12.8. The molecular formula is C24H28N6O3S. The van der Waals surface area contributed by atoms with E-state index in [-0.39, 0.29) is 22.3 Å². The largest absolute Gasteiger partial charge is 0.379 e. The minimum atomic E-state index is -0.670. The van der Waals surface area contributed by atoms with Gasteiger partial charge in [0.15, 0.2) is 5.57 Å². The second-order valence-electron chi connectivity index (χ2n) is 7.70. The summed E-state index contributed by atoms with van der Waals surface area (Å²) >= 11 is 1.07. The van der Waals surface area contributed by atoms with Crippen molar-refractivity contribution in [1.82, 2.24) is 14.8 Å². The number of nitriles is 2. The summed E-state index contributed by atoms with van der Waals surface area (Å²) in [6.45, 7) is 6.50. The van der Waals surface area contributed by atoms with Crippen LogP contribution in [0.4, 0.5) is 5.69 Å². The van der Waals surface area contributed by atoms with Crippen LogP contribution < -0.4 is 25.4 Å². The van der Waals surface area contributed by atoms with Gasteiger partial charge < -0.3 is 15.4 Å². The van der Waals surface area contributed by atoms with Gasteiger partial charge in [-0.3, -0.25) is 19.1 Å². The van der Waals surface area contributed by atoms with Crippen molar-refractivity contribution >= 4 is 34.7 Å². The quantitative estimate of drug-likeness (QED) is 0.497. The van der Waals surface area contributed by atoms with Crippen molar-refractivity contribution < 1.29 is 9.53 Å². The maximum atomic E-state index is 12.8. The number of nitrogens with one attached hydrogen (secondary N) is 2. The first kappa shape index (κ1) is 25.2. The molecule has 10 heteroatoms. The van der Waals surface area contributed by atoms with Crippen LogP contribution in [0, 0.1) is 22.7 Å². The van der Waals surface area contributed by atoms with Gasteiger partial charge in [-0.2, -0.15) is 10.5 Å². The lowest BCUT2D eigenvalue weighted by molar-refractivity contribution is -0.115. The van der Waals surface area contributed by atoms with Gasteiger partial charge in [0.25, 0.3) is 11.5 Å². The van der Waals surface area contributed by atoms with Crippen LogP contribution in [0.2, 0.25) is 0 Å². The SMILES string of the molecule is CCn1c(=C(C#N)C(=O)NCC#N)sc(=CNc2cccc(CCCN3CCOCC3)c2)c1=O. The van der Waals surface area contributed by atoms with E-state index in [0.717, 1.165) is 62.7 Å². The van der Waals surface area contributed by atoms with Gasteiger partial charge in [-0.25, -0.2) is 0 Å². The molecule has 2 N–H and O–H groups in total. The molecule has 3 rings (SSSR count). The van der Waals surface area contributed by atoms with Gasteiger partial charge in [-0.05, 0) is 44.0 Å². The fourth-order valence-electron chi connectivity index (χ4n) is 3.69. The van der Waals surface area contributed by atoms with E-state index >= 15 is 0 Å². The number of amides is 1. The van der Waals surface area contributed by atoms with Gasteiger partial charge in [-0.1, -0.05) is 12.1 Å². The summed E-state index contributed by atoms with van der Waals surface area (Å²) in [5.74, 6) is -0.670. The molecule has 1 amide bonds. The first-order chi connectivity index (χ1) is 16.6. The van der Waals surface area contributed by atoms with E-state index in [1.54, 1.807) is 19.2 Å². The van der Waals surface area contributed by atoms with Gasteiger partial charge in [0.2, 0.25) is 0 Å². The van der Waals surface area contributed by atoms with Gasteiger partial charge in [-0.15, -0.1) is 11.3 Å². The van der Waals surface area contributed by atoms with Crippen molar-refractivity contribution in [2.45, 2.75) is 26.3 Å². The van der Waals surface area contributed by atoms with Crippen LogP contribution in [0.5, 0.6) is 0 Å². The van der Waals surface area contributed by atoms with Crippen LogP contribution in [0.15, 0.2) is 29.1 Å². The highest BCUT2D eigenvalue weighted by Gasteiger charge is 2.15. The smallest absolute Gasteiger partial charge is 0.270 e. The molecular weight excluding hydrogens is 452 g/mol. The molecule has 1 aliphatic rings. The Kier molecular flexibility index (Phi) is 9.41. The predicted molar refractivity (Wildman–Crippen MR) is 131 cm³/mol. The standard InChI is InChI=1S/C24H28N6O3S/c1-2-30-23(32)21(34-24(30)20(16-26)22(31)27-9-8-25)17-28-19-7-3-5-18(15-19)6-4-10-29-11-13-33-14-12-29/h3,5,7,15,17,28H,2,4,6,9-14H2,1H3,(H,27,31). The topological polar surface area (TPSA) is 123 Å². The number of benzene rings is 1. The summed E-state index contributed by atoms with van der Waals surface area (Å²) in [6.07, 6.45) is 3.62. The molecule has 0 aliphatic carbocycles.